The predicted molar refractivity (Wildman–Crippen MR) is 91.7 cm³/mol. The second-order valence-electron chi connectivity index (χ2n) is 6.42. The van der Waals surface area contributed by atoms with Gasteiger partial charge in [0.25, 0.3) is 0 Å². The predicted octanol–water partition coefficient (Wildman–Crippen LogP) is 2.80. The summed E-state index contributed by atoms with van der Waals surface area (Å²) in [6, 6.07) is 5.50. The van der Waals surface area contributed by atoms with Crippen LogP contribution in [-0.4, -0.2) is 34.8 Å². The van der Waals surface area contributed by atoms with Crippen LogP contribution in [0.1, 0.15) is 20.8 Å². The van der Waals surface area contributed by atoms with Gasteiger partial charge in [0.2, 0.25) is 11.8 Å². The molecule has 7 heteroatoms. The van der Waals surface area contributed by atoms with Gasteiger partial charge in [0.05, 0.1) is 10.8 Å². The molecule has 1 aliphatic heterocycles. The minimum absolute atomic E-state index is 0.116. The molecule has 0 aliphatic carbocycles. The summed E-state index contributed by atoms with van der Waals surface area (Å²) in [4.78, 5) is 37.5. The summed E-state index contributed by atoms with van der Waals surface area (Å²) in [5, 5.41) is 3.01. The fourth-order valence-corrected chi connectivity index (χ4v) is 2.88. The summed E-state index contributed by atoms with van der Waals surface area (Å²) in [6.45, 7) is 5.14. The van der Waals surface area contributed by atoms with E-state index in [0.717, 1.165) is 0 Å². The lowest BCUT2D eigenvalue weighted by Gasteiger charge is -2.19. The molecule has 1 fully saturated rings. The van der Waals surface area contributed by atoms with Gasteiger partial charge in [0, 0.05) is 17.2 Å². The first-order chi connectivity index (χ1) is 11.2. The van der Waals surface area contributed by atoms with Gasteiger partial charge in [-0.25, -0.2) is 4.39 Å². The largest absolute Gasteiger partial charge is 0.324 e. The van der Waals surface area contributed by atoms with E-state index in [2.05, 4.69) is 5.32 Å². The van der Waals surface area contributed by atoms with E-state index in [4.69, 9.17) is 0 Å². The van der Waals surface area contributed by atoms with Crippen LogP contribution in [0, 0.1) is 11.2 Å². The quantitative estimate of drug-likeness (QED) is 0.848. The van der Waals surface area contributed by atoms with E-state index >= 15 is 0 Å². The van der Waals surface area contributed by atoms with Crippen LogP contribution in [0.2, 0.25) is 0 Å². The highest BCUT2D eigenvalue weighted by Crippen LogP contribution is 2.30. The number of benzene rings is 1. The Morgan fingerprint density at radius 3 is 2.71 bits per heavy atom. The number of hydrogen-bond acceptors (Lipinski definition) is 4. The number of carbonyl (C=O) groups is 3. The lowest BCUT2D eigenvalue weighted by Crippen LogP contribution is -2.34. The van der Waals surface area contributed by atoms with E-state index in [1.165, 1.54) is 40.9 Å². The Bertz CT molecular complexity index is 710. The van der Waals surface area contributed by atoms with Crippen LogP contribution in [0.4, 0.5) is 10.1 Å². The van der Waals surface area contributed by atoms with Crippen molar-refractivity contribution in [3.63, 3.8) is 0 Å². The summed E-state index contributed by atoms with van der Waals surface area (Å²) in [6.07, 6.45) is 1.41. The van der Waals surface area contributed by atoms with Crippen LogP contribution in [-0.2, 0) is 14.4 Å². The van der Waals surface area contributed by atoms with Gasteiger partial charge in [-0.05, 0) is 18.2 Å². The molecule has 0 spiro atoms. The molecular formula is C17H19FN2O3S. The first-order valence-corrected chi connectivity index (χ1v) is 8.40. The molecule has 1 aromatic carbocycles. The fourth-order valence-electron chi connectivity index (χ4n) is 1.94. The van der Waals surface area contributed by atoms with E-state index in [0.29, 0.717) is 10.7 Å². The first kappa shape index (κ1) is 18.2. The lowest BCUT2D eigenvalue weighted by atomic mass is 9.91. The van der Waals surface area contributed by atoms with Crippen LogP contribution >= 0.6 is 11.8 Å². The Hall–Kier alpha value is -2.15. The molecule has 1 N–H and O–H groups in total. The number of anilines is 1. The molecule has 1 heterocycles. The number of thioether (sulfide) groups is 1. The first-order valence-electron chi connectivity index (χ1n) is 7.41. The van der Waals surface area contributed by atoms with Crippen LogP contribution in [0.15, 0.2) is 35.4 Å². The number of amides is 2. The van der Waals surface area contributed by atoms with Crippen molar-refractivity contribution >= 4 is 35.0 Å². The topological polar surface area (TPSA) is 66.5 Å². The normalized spacial score (nSPS) is 16.6. The van der Waals surface area contributed by atoms with E-state index in [9.17, 15) is 18.8 Å². The van der Waals surface area contributed by atoms with E-state index in [-0.39, 0.29) is 24.0 Å². The highest BCUT2D eigenvalue weighted by Gasteiger charge is 2.30. The van der Waals surface area contributed by atoms with Crippen LogP contribution in [0.25, 0.3) is 0 Å². The van der Waals surface area contributed by atoms with Gasteiger partial charge in [-0.2, -0.15) is 0 Å². The van der Waals surface area contributed by atoms with Crippen LogP contribution in [0.5, 0.6) is 0 Å². The Balaban J connectivity index is 2.08. The number of hydrogen-bond donors (Lipinski definition) is 1. The van der Waals surface area contributed by atoms with Gasteiger partial charge >= 0.3 is 0 Å². The third-order valence-electron chi connectivity index (χ3n) is 3.31. The zero-order valence-electron chi connectivity index (χ0n) is 13.8. The smallest absolute Gasteiger partial charge is 0.244 e. The Morgan fingerprint density at radius 2 is 2.08 bits per heavy atom. The van der Waals surface area contributed by atoms with Crippen molar-refractivity contribution in [1.29, 1.82) is 0 Å². The van der Waals surface area contributed by atoms with Crippen molar-refractivity contribution in [3.8, 4) is 0 Å². The summed E-state index contributed by atoms with van der Waals surface area (Å²) in [5.74, 6) is -1.07. The number of rotatable bonds is 4. The van der Waals surface area contributed by atoms with Gasteiger partial charge in [-0.1, -0.05) is 38.6 Å². The van der Waals surface area contributed by atoms with Crippen LogP contribution < -0.4 is 5.32 Å². The molecule has 0 aromatic heterocycles. The Labute approximate surface area is 144 Å². The molecule has 2 amide bonds. The number of carbonyl (C=O) groups excluding carboxylic acids is 3. The molecule has 0 radical (unpaired) electrons. The van der Waals surface area contributed by atoms with Crippen molar-refractivity contribution in [2.75, 3.05) is 17.6 Å². The number of allylic oxidation sites excluding steroid dienone is 1. The van der Waals surface area contributed by atoms with Crippen molar-refractivity contribution in [3.05, 3.63) is 41.2 Å². The monoisotopic (exact) mass is 350 g/mol. The van der Waals surface area contributed by atoms with E-state index in [1.54, 1.807) is 26.8 Å². The maximum absolute atomic E-state index is 13.1. The van der Waals surface area contributed by atoms with Crippen molar-refractivity contribution in [1.82, 2.24) is 4.90 Å². The molecule has 1 aromatic rings. The Morgan fingerprint density at radius 1 is 1.38 bits per heavy atom. The highest BCUT2D eigenvalue weighted by molar-refractivity contribution is 8.04. The molecule has 0 saturated carbocycles. The minimum Gasteiger partial charge on any atom is -0.324 e. The average molecular weight is 350 g/mol. The highest BCUT2D eigenvalue weighted by atomic mass is 32.2. The lowest BCUT2D eigenvalue weighted by molar-refractivity contribution is -0.129. The minimum atomic E-state index is -0.561. The molecule has 0 bridgehead atoms. The summed E-state index contributed by atoms with van der Waals surface area (Å²) in [7, 11) is 0. The molecular weight excluding hydrogens is 331 g/mol. The molecule has 0 unspecified atom stereocenters. The molecule has 0 atom stereocenters. The molecule has 1 saturated heterocycles. The molecule has 128 valence electrons. The maximum Gasteiger partial charge on any atom is 0.244 e. The van der Waals surface area contributed by atoms with E-state index < -0.39 is 17.1 Å². The van der Waals surface area contributed by atoms with Crippen molar-refractivity contribution < 1.29 is 18.8 Å². The summed E-state index contributed by atoms with van der Waals surface area (Å²) >= 11 is 1.23. The van der Waals surface area contributed by atoms with Crippen molar-refractivity contribution in [2.45, 2.75) is 20.8 Å². The standard InChI is InChI=1S/C17H19FN2O3S/c1-17(2,3)13(21)8-16-20(15(23)10-24-16)9-14(22)19-12-6-4-5-11(18)7-12/h4-8H,9-10H2,1-3H3,(H,19,22)/b16-8-. The zero-order valence-corrected chi connectivity index (χ0v) is 14.6. The SMILES string of the molecule is CC(C)(C)C(=O)/C=C1\SCC(=O)N1CC(=O)Nc1cccc(F)c1. The average Bonchev–Trinajstić information content (AvgIpc) is 2.79. The third kappa shape index (κ3) is 4.67. The summed E-state index contributed by atoms with van der Waals surface area (Å²) < 4.78 is 13.1. The summed E-state index contributed by atoms with van der Waals surface area (Å²) in [5.41, 5.74) is -0.245. The number of ketones is 1. The van der Waals surface area contributed by atoms with Crippen LogP contribution in [0.3, 0.4) is 0 Å². The van der Waals surface area contributed by atoms with Gasteiger partial charge < -0.3 is 5.32 Å². The maximum atomic E-state index is 13.1. The zero-order chi connectivity index (χ0) is 17.9. The number of halogens is 1. The second-order valence-corrected chi connectivity index (χ2v) is 7.42. The number of nitrogens with zero attached hydrogens (tertiary/aromatic N) is 1. The van der Waals surface area contributed by atoms with Gasteiger partial charge in [-0.3, -0.25) is 19.3 Å². The van der Waals surface area contributed by atoms with E-state index in [1.807, 2.05) is 0 Å². The third-order valence-corrected chi connectivity index (χ3v) is 4.34. The number of nitrogens with one attached hydrogen (secondary N) is 1. The fraction of sp³-hybridized carbons (Fsp3) is 0.353. The van der Waals surface area contributed by atoms with Gasteiger partial charge in [-0.15, -0.1) is 0 Å². The second kappa shape index (κ2) is 7.17. The Kier molecular flexibility index (Phi) is 5.43. The van der Waals surface area contributed by atoms with Crippen molar-refractivity contribution in [2.24, 2.45) is 5.41 Å². The molecule has 5 nitrogen and oxygen atoms in total. The molecule has 24 heavy (non-hydrogen) atoms. The van der Waals surface area contributed by atoms with Gasteiger partial charge in [0.1, 0.15) is 12.4 Å². The molecule has 2 rings (SSSR count). The van der Waals surface area contributed by atoms with Gasteiger partial charge in [0.15, 0.2) is 5.78 Å². The molecule has 1 aliphatic rings.